The molecule has 4 aromatic rings. The number of nitrogens with zero attached hydrogens (tertiary/aromatic N) is 6. The van der Waals surface area contributed by atoms with E-state index >= 15 is 0 Å². The van der Waals surface area contributed by atoms with Gasteiger partial charge < -0.3 is 34.9 Å². The van der Waals surface area contributed by atoms with E-state index < -0.39 is 17.9 Å². The molecule has 0 bridgehead atoms. The van der Waals surface area contributed by atoms with Gasteiger partial charge in [0.05, 0.1) is 49.9 Å². The second-order valence-electron chi connectivity index (χ2n) is 12.3. The first-order valence-electron chi connectivity index (χ1n) is 16.9. The van der Waals surface area contributed by atoms with Crippen LogP contribution in [0.1, 0.15) is 31.6 Å². The summed E-state index contributed by atoms with van der Waals surface area (Å²) in [7, 11) is 3.02. The molecule has 14 heteroatoms. The number of hydrogen-bond donors (Lipinski definition) is 2. The molecule has 2 N–H and O–H groups in total. The molecule has 0 saturated carbocycles. The van der Waals surface area contributed by atoms with Gasteiger partial charge in [0.15, 0.2) is 5.82 Å². The number of nitrogens with one attached hydrogen (secondary N) is 2. The third-order valence-electron chi connectivity index (χ3n) is 9.23. The SMILES string of the molecule is COc1ccc(N(C(=O)Nc2ccc(F)cc2)C(C)c2nc3ccccc3c(=O)n2N2CCN(C(=O)NCCN3CCCC3)CC2)c(OC)c1. The quantitative estimate of drug-likeness (QED) is 0.252. The molecule has 13 nitrogen and oxygen atoms in total. The number of urea groups is 2. The van der Waals surface area contributed by atoms with Crippen molar-refractivity contribution < 1.29 is 23.5 Å². The number of rotatable bonds is 10. The highest BCUT2D eigenvalue weighted by Gasteiger charge is 2.33. The van der Waals surface area contributed by atoms with Crippen LogP contribution in [-0.2, 0) is 0 Å². The molecule has 2 aliphatic heterocycles. The lowest BCUT2D eigenvalue weighted by Gasteiger charge is -2.39. The van der Waals surface area contributed by atoms with Gasteiger partial charge >= 0.3 is 12.1 Å². The Morgan fingerprint density at radius 3 is 2.36 bits per heavy atom. The number of amides is 4. The number of hydrogen-bond acceptors (Lipinski definition) is 8. The van der Waals surface area contributed by atoms with E-state index in [2.05, 4.69) is 15.5 Å². The van der Waals surface area contributed by atoms with Crippen molar-refractivity contribution in [2.24, 2.45) is 0 Å². The first-order chi connectivity index (χ1) is 24.3. The maximum absolute atomic E-state index is 14.3. The Kier molecular flexibility index (Phi) is 10.7. The highest BCUT2D eigenvalue weighted by molar-refractivity contribution is 6.03. The molecule has 3 aromatic carbocycles. The molecule has 6 rings (SSSR count). The number of aromatic nitrogens is 2. The van der Waals surface area contributed by atoms with E-state index in [0.717, 1.165) is 19.6 Å². The van der Waals surface area contributed by atoms with Gasteiger partial charge in [-0.2, -0.15) is 0 Å². The molecular weight excluding hydrogens is 643 g/mol. The van der Waals surface area contributed by atoms with Gasteiger partial charge in [-0.15, -0.1) is 0 Å². The van der Waals surface area contributed by atoms with E-state index in [1.165, 1.54) is 60.9 Å². The maximum Gasteiger partial charge on any atom is 0.327 e. The number of carbonyl (C=O) groups excluding carboxylic acids is 2. The van der Waals surface area contributed by atoms with Crippen LogP contribution in [0.4, 0.5) is 25.4 Å². The fourth-order valence-electron chi connectivity index (χ4n) is 6.53. The molecule has 2 fully saturated rings. The monoisotopic (exact) mass is 686 g/mol. The van der Waals surface area contributed by atoms with Crippen molar-refractivity contribution in [2.45, 2.75) is 25.8 Å². The molecule has 0 spiro atoms. The molecule has 264 valence electrons. The predicted molar refractivity (Wildman–Crippen MR) is 190 cm³/mol. The van der Waals surface area contributed by atoms with E-state index in [0.29, 0.717) is 72.3 Å². The fourth-order valence-corrected chi connectivity index (χ4v) is 6.53. The zero-order valence-corrected chi connectivity index (χ0v) is 28.6. The summed E-state index contributed by atoms with van der Waals surface area (Å²) in [5.41, 5.74) is 0.957. The number of methoxy groups -OCH3 is 2. The second-order valence-corrected chi connectivity index (χ2v) is 12.3. The zero-order chi connectivity index (χ0) is 35.2. The minimum Gasteiger partial charge on any atom is -0.497 e. The lowest BCUT2D eigenvalue weighted by Crippen LogP contribution is -2.58. The summed E-state index contributed by atoms with van der Waals surface area (Å²) in [6.07, 6.45) is 2.40. The summed E-state index contributed by atoms with van der Waals surface area (Å²) in [4.78, 5) is 52.1. The van der Waals surface area contributed by atoms with Crippen LogP contribution >= 0.6 is 0 Å². The minimum absolute atomic E-state index is 0.128. The zero-order valence-electron chi connectivity index (χ0n) is 28.6. The van der Waals surface area contributed by atoms with Crippen molar-refractivity contribution in [3.05, 3.63) is 88.7 Å². The van der Waals surface area contributed by atoms with Crippen LogP contribution < -0.4 is 35.6 Å². The Morgan fingerprint density at radius 2 is 1.66 bits per heavy atom. The number of para-hydroxylation sites is 1. The highest BCUT2D eigenvalue weighted by atomic mass is 19.1. The second kappa shape index (κ2) is 15.5. The lowest BCUT2D eigenvalue weighted by atomic mass is 10.1. The standard InChI is InChI=1S/C36H43FN8O5/c1-25(44(31-15-14-28(49-2)24-32(31)50-3)36(48)39-27-12-10-26(37)11-13-27)33-40-30-9-5-4-8-29(30)34(46)45(33)43-22-20-42(21-23-43)35(47)38-16-19-41-17-6-7-18-41/h4-5,8-15,24-25H,6-7,16-23H2,1-3H3,(H,38,47)(H,39,48). The minimum atomic E-state index is -0.832. The molecular formula is C36H43FN8O5. The molecule has 1 atom stereocenters. The van der Waals surface area contributed by atoms with E-state index in [9.17, 15) is 18.8 Å². The molecule has 0 radical (unpaired) electrons. The van der Waals surface area contributed by atoms with Crippen molar-refractivity contribution in [3.8, 4) is 11.5 Å². The number of halogens is 1. The Labute approximate surface area is 290 Å². The van der Waals surface area contributed by atoms with Gasteiger partial charge in [0.2, 0.25) is 0 Å². The average Bonchev–Trinajstić information content (AvgIpc) is 3.66. The van der Waals surface area contributed by atoms with Crippen LogP contribution in [0.25, 0.3) is 10.9 Å². The molecule has 3 heterocycles. The summed E-state index contributed by atoms with van der Waals surface area (Å²) in [6, 6.07) is 16.1. The van der Waals surface area contributed by atoms with Crippen molar-refractivity contribution in [1.82, 2.24) is 24.8 Å². The van der Waals surface area contributed by atoms with Crippen LogP contribution in [0.5, 0.6) is 11.5 Å². The maximum atomic E-state index is 14.3. The van der Waals surface area contributed by atoms with Gasteiger partial charge in [-0.1, -0.05) is 12.1 Å². The third-order valence-corrected chi connectivity index (χ3v) is 9.23. The van der Waals surface area contributed by atoms with Crippen LogP contribution in [-0.4, -0.2) is 98.1 Å². The van der Waals surface area contributed by atoms with Gasteiger partial charge in [0, 0.05) is 37.9 Å². The molecule has 2 aliphatic rings. The number of fused-ring (bicyclic) bond motifs is 1. The Morgan fingerprint density at radius 1 is 0.940 bits per heavy atom. The number of anilines is 2. The largest absolute Gasteiger partial charge is 0.497 e. The summed E-state index contributed by atoms with van der Waals surface area (Å²) >= 11 is 0. The fraction of sp³-hybridized carbons (Fsp3) is 0.389. The number of ether oxygens (including phenoxy) is 2. The first-order valence-corrected chi connectivity index (χ1v) is 16.9. The normalized spacial score (nSPS) is 15.5. The number of benzene rings is 3. The van der Waals surface area contributed by atoms with Gasteiger partial charge in [0.1, 0.15) is 17.3 Å². The summed E-state index contributed by atoms with van der Waals surface area (Å²) < 4.78 is 26.4. The van der Waals surface area contributed by atoms with Crippen LogP contribution in [0.3, 0.4) is 0 Å². The van der Waals surface area contributed by atoms with Gasteiger partial charge in [0.25, 0.3) is 5.56 Å². The third kappa shape index (κ3) is 7.44. The van der Waals surface area contributed by atoms with Crippen LogP contribution in [0.15, 0.2) is 71.5 Å². The smallest absolute Gasteiger partial charge is 0.327 e. The number of piperazine rings is 1. The van der Waals surface area contributed by atoms with Gasteiger partial charge in [-0.25, -0.2) is 23.6 Å². The van der Waals surface area contributed by atoms with E-state index in [-0.39, 0.29) is 11.6 Å². The van der Waals surface area contributed by atoms with Crippen molar-refractivity contribution in [2.75, 3.05) is 81.8 Å². The molecule has 0 aliphatic carbocycles. The molecule has 50 heavy (non-hydrogen) atoms. The van der Waals surface area contributed by atoms with Crippen molar-refractivity contribution >= 4 is 34.3 Å². The number of carbonyl (C=O) groups is 2. The molecule has 4 amide bonds. The molecule has 2 saturated heterocycles. The van der Waals surface area contributed by atoms with E-state index in [4.69, 9.17) is 14.5 Å². The van der Waals surface area contributed by atoms with Gasteiger partial charge in [-0.3, -0.25) is 9.69 Å². The van der Waals surface area contributed by atoms with Gasteiger partial charge in [-0.05, 0) is 81.4 Å². The van der Waals surface area contributed by atoms with Crippen LogP contribution in [0.2, 0.25) is 0 Å². The average molecular weight is 687 g/mol. The summed E-state index contributed by atoms with van der Waals surface area (Å²) in [5.74, 6) is 0.749. The van der Waals surface area contributed by atoms with E-state index in [1.807, 2.05) is 5.01 Å². The first kappa shape index (κ1) is 34.5. The Hall–Kier alpha value is -5.37. The predicted octanol–water partition coefficient (Wildman–Crippen LogP) is 4.41. The number of likely N-dealkylation sites (tertiary alicyclic amines) is 1. The summed E-state index contributed by atoms with van der Waals surface area (Å²) in [6.45, 7) is 6.85. The Bertz CT molecular complexity index is 1870. The summed E-state index contributed by atoms with van der Waals surface area (Å²) in [5, 5.41) is 8.20. The highest BCUT2D eigenvalue weighted by Crippen LogP contribution is 2.37. The van der Waals surface area contributed by atoms with Crippen molar-refractivity contribution in [1.29, 1.82) is 0 Å². The van der Waals surface area contributed by atoms with E-state index in [1.54, 1.807) is 54.3 Å². The lowest BCUT2D eigenvalue weighted by molar-refractivity contribution is 0.188. The Balaban J connectivity index is 1.33. The molecule has 1 unspecified atom stereocenters. The topological polar surface area (TPSA) is 125 Å². The molecule has 1 aromatic heterocycles. The van der Waals surface area contributed by atoms with Crippen molar-refractivity contribution in [3.63, 3.8) is 0 Å². The van der Waals surface area contributed by atoms with Crippen LogP contribution in [0, 0.1) is 5.82 Å².